The fourth-order valence-electron chi connectivity index (χ4n) is 1.46. The topological polar surface area (TPSA) is 49.8 Å². The van der Waals surface area contributed by atoms with Gasteiger partial charge in [0.1, 0.15) is 0 Å². The molecule has 0 aromatic rings. The number of nitrogens with zero attached hydrogens (tertiary/aromatic N) is 1. The van der Waals surface area contributed by atoms with Crippen LogP contribution in [-0.2, 0) is 9.53 Å². The van der Waals surface area contributed by atoms with Crippen molar-refractivity contribution in [2.75, 3.05) is 26.2 Å². The monoisotopic (exact) mass is 219 g/mol. The summed E-state index contributed by atoms with van der Waals surface area (Å²) in [6.45, 7) is 12.4. The molecule has 0 spiro atoms. The lowest BCUT2D eigenvalue weighted by Gasteiger charge is -2.12. The van der Waals surface area contributed by atoms with Crippen molar-refractivity contribution in [1.82, 2.24) is 4.90 Å². The summed E-state index contributed by atoms with van der Waals surface area (Å²) in [5, 5.41) is 6.89. The van der Waals surface area contributed by atoms with E-state index in [1.165, 1.54) is 19.5 Å². The average molecular weight is 219 g/mol. The van der Waals surface area contributed by atoms with Crippen molar-refractivity contribution in [2.24, 2.45) is 0 Å². The highest BCUT2D eigenvalue weighted by Crippen LogP contribution is 2.11. The van der Waals surface area contributed by atoms with Gasteiger partial charge in [0, 0.05) is 19.7 Å². The third kappa shape index (κ3) is 9.69. The largest absolute Gasteiger partial charge is 0.483 e. The molecular weight excluding hydrogens is 194 g/mol. The van der Waals surface area contributed by atoms with Crippen LogP contribution in [0.1, 0.15) is 34.1 Å². The molecule has 1 heterocycles. The van der Waals surface area contributed by atoms with Crippen molar-refractivity contribution in [2.45, 2.75) is 40.2 Å². The molecule has 15 heavy (non-hydrogen) atoms. The lowest BCUT2D eigenvalue weighted by atomic mass is 10.3. The van der Waals surface area contributed by atoms with Gasteiger partial charge in [-0.2, -0.15) is 0 Å². The Morgan fingerprint density at radius 2 is 2.00 bits per heavy atom. The summed E-state index contributed by atoms with van der Waals surface area (Å²) in [7, 11) is 0. The molecule has 92 valence electrons. The molecule has 1 atom stereocenters. The summed E-state index contributed by atoms with van der Waals surface area (Å²) in [5.41, 5.74) is 0. The normalized spacial score (nSPS) is 19.6. The fourth-order valence-corrected chi connectivity index (χ4v) is 1.46. The Labute approximate surface area is 93.2 Å². The van der Waals surface area contributed by atoms with Crippen LogP contribution in [0.2, 0.25) is 0 Å². The van der Waals surface area contributed by atoms with Gasteiger partial charge in [0.25, 0.3) is 6.47 Å². The Morgan fingerprint density at radius 1 is 1.47 bits per heavy atom. The number of ether oxygens (including phenoxy) is 1. The van der Waals surface area contributed by atoms with Gasteiger partial charge < -0.3 is 14.7 Å². The second-order valence-corrected chi connectivity index (χ2v) is 2.86. The second-order valence-electron chi connectivity index (χ2n) is 2.86. The zero-order chi connectivity index (χ0) is 12.1. The molecule has 1 N–H and O–H groups in total. The molecule has 4 heteroatoms. The summed E-state index contributed by atoms with van der Waals surface area (Å²) in [6.07, 6.45) is 1.74. The molecule has 0 aromatic heterocycles. The third-order valence-electron chi connectivity index (χ3n) is 2.08. The maximum atomic E-state index is 8.36. The van der Waals surface area contributed by atoms with Crippen molar-refractivity contribution in [3.05, 3.63) is 0 Å². The maximum Gasteiger partial charge on any atom is 0.290 e. The molecule has 0 aromatic carbocycles. The summed E-state index contributed by atoms with van der Waals surface area (Å²) < 4.78 is 5.49. The highest BCUT2D eigenvalue weighted by molar-refractivity contribution is 5.32. The Balaban J connectivity index is 0. The molecule has 0 saturated carbocycles. The molecule has 0 bridgehead atoms. The maximum absolute atomic E-state index is 8.36. The van der Waals surface area contributed by atoms with Crippen molar-refractivity contribution in [1.29, 1.82) is 0 Å². The number of rotatable bonds is 3. The lowest BCUT2D eigenvalue weighted by molar-refractivity contribution is -0.122. The molecule has 1 unspecified atom stereocenters. The van der Waals surface area contributed by atoms with Crippen LogP contribution in [0.5, 0.6) is 0 Å². The van der Waals surface area contributed by atoms with E-state index in [2.05, 4.69) is 18.7 Å². The number of carbonyl (C=O) groups is 1. The first-order valence-corrected chi connectivity index (χ1v) is 5.70. The predicted molar refractivity (Wildman–Crippen MR) is 62.2 cm³/mol. The van der Waals surface area contributed by atoms with E-state index in [1.54, 1.807) is 0 Å². The van der Waals surface area contributed by atoms with Crippen LogP contribution < -0.4 is 0 Å². The molecule has 1 aliphatic heterocycles. The Morgan fingerprint density at radius 3 is 2.33 bits per heavy atom. The highest BCUT2D eigenvalue weighted by Gasteiger charge is 2.20. The fraction of sp³-hybridized carbons (Fsp3) is 0.909. The average Bonchev–Trinajstić information content (AvgIpc) is 2.70. The van der Waals surface area contributed by atoms with Crippen LogP contribution in [0.15, 0.2) is 0 Å². The lowest BCUT2D eigenvalue weighted by Crippen LogP contribution is -2.22. The van der Waals surface area contributed by atoms with Crippen LogP contribution in [0, 0.1) is 0 Å². The molecular formula is C11H25NO3. The predicted octanol–water partition coefficient (Wildman–Crippen LogP) is 1.84. The van der Waals surface area contributed by atoms with Crippen molar-refractivity contribution in [3.8, 4) is 0 Å². The van der Waals surface area contributed by atoms with Gasteiger partial charge in [-0.05, 0) is 19.9 Å². The van der Waals surface area contributed by atoms with Crippen molar-refractivity contribution >= 4 is 6.47 Å². The van der Waals surface area contributed by atoms with Gasteiger partial charge in [0.05, 0.1) is 6.10 Å². The summed E-state index contributed by atoms with van der Waals surface area (Å²) in [5.74, 6) is 0. The molecule has 4 nitrogen and oxygen atoms in total. The number of carboxylic acid groups (broad SMARTS) is 1. The minimum Gasteiger partial charge on any atom is -0.483 e. The van der Waals surface area contributed by atoms with Gasteiger partial charge >= 0.3 is 0 Å². The number of likely N-dealkylation sites (tertiary alicyclic amines) is 1. The van der Waals surface area contributed by atoms with Crippen molar-refractivity contribution < 1.29 is 14.6 Å². The number of likely N-dealkylation sites (N-methyl/N-ethyl adjacent to an activating group) is 1. The zero-order valence-electron chi connectivity index (χ0n) is 10.4. The molecule has 1 rings (SSSR count). The van der Waals surface area contributed by atoms with E-state index in [0.29, 0.717) is 6.10 Å². The van der Waals surface area contributed by atoms with Gasteiger partial charge in [0.2, 0.25) is 0 Å². The van der Waals surface area contributed by atoms with E-state index in [9.17, 15) is 0 Å². The van der Waals surface area contributed by atoms with Gasteiger partial charge in [-0.15, -0.1) is 0 Å². The minimum absolute atomic E-state index is 0.250. The molecule has 1 saturated heterocycles. The molecule has 0 amide bonds. The van der Waals surface area contributed by atoms with Crippen LogP contribution in [0.25, 0.3) is 0 Å². The molecule has 0 radical (unpaired) electrons. The Hall–Kier alpha value is -0.610. The first-order valence-electron chi connectivity index (χ1n) is 5.70. The summed E-state index contributed by atoms with van der Waals surface area (Å²) in [4.78, 5) is 10.8. The smallest absolute Gasteiger partial charge is 0.290 e. The number of hydrogen-bond acceptors (Lipinski definition) is 3. The highest BCUT2D eigenvalue weighted by atomic mass is 16.5. The van der Waals surface area contributed by atoms with E-state index in [-0.39, 0.29) is 6.47 Å². The molecule has 0 aliphatic carbocycles. The van der Waals surface area contributed by atoms with E-state index < -0.39 is 0 Å². The van der Waals surface area contributed by atoms with E-state index in [0.717, 1.165) is 13.2 Å². The van der Waals surface area contributed by atoms with Gasteiger partial charge in [0.15, 0.2) is 0 Å². The van der Waals surface area contributed by atoms with E-state index in [1.807, 2.05) is 13.8 Å². The Kier molecular flexibility index (Phi) is 15.0. The first kappa shape index (κ1) is 16.8. The second kappa shape index (κ2) is 13.4. The van der Waals surface area contributed by atoms with Crippen molar-refractivity contribution in [3.63, 3.8) is 0 Å². The SMILES string of the molecule is CC.CCOC1CCN(CC)C1.O=CO. The van der Waals surface area contributed by atoms with Crippen LogP contribution in [0.4, 0.5) is 0 Å². The van der Waals surface area contributed by atoms with E-state index >= 15 is 0 Å². The molecule has 1 aliphatic rings. The standard InChI is InChI=1S/C8H17NO.C2H6.CH2O2/c1-3-9-6-5-8(7-9)10-4-2;1-2;2-1-3/h8H,3-7H2,1-2H3;1-2H3;1H,(H,2,3). The zero-order valence-corrected chi connectivity index (χ0v) is 10.4. The van der Waals surface area contributed by atoms with Gasteiger partial charge in [-0.25, -0.2) is 0 Å². The quantitative estimate of drug-likeness (QED) is 0.736. The Bertz CT molecular complexity index is 131. The van der Waals surface area contributed by atoms with Crippen LogP contribution in [-0.4, -0.2) is 48.8 Å². The van der Waals surface area contributed by atoms with E-state index in [4.69, 9.17) is 14.6 Å². The summed E-state index contributed by atoms with van der Waals surface area (Å²) >= 11 is 0. The molecule has 1 fully saturated rings. The van der Waals surface area contributed by atoms with Gasteiger partial charge in [-0.3, -0.25) is 4.79 Å². The minimum atomic E-state index is -0.250. The summed E-state index contributed by atoms with van der Waals surface area (Å²) in [6, 6.07) is 0. The third-order valence-corrected chi connectivity index (χ3v) is 2.08. The van der Waals surface area contributed by atoms with Crippen LogP contribution >= 0.6 is 0 Å². The van der Waals surface area contributed by atoms with Crippen LogP contribution in [0.3, 0.4) is 0 Å². The number of hydrogen-bond donors (Lipinski definition) is 1. The van der Waals surface area contributed by atoms with Gasteiger partial charge in [-0.1, -0.05) is 20.8 Å². The first-order chi connectivity index (χ1) is 7.28.